The molecule has 0 saturated heterocycles. The molecule has 14 heavy (non-hydrogen) atoms. The summed E-state index contributed by atoms with van der Waals surface area (Å²) in [5.41, 5.74) is 0. The van der Waals surface area contributed by atoms with Gasteiger partial charge >= 0.3 is 0 Å². The van der Waals surface area contributed by atoms with Crippen molar-refractivity contribution in [1.29, 1.82) is 0 Å². The van der Waals surface area contributed by atoms with Crippen LogP contribution in [0.5, 0.6) is 0 Å². The van der Waals surface area contributed by atoms with Crippen molar-refractivity contribution in [1.82, 2.24) is 4.90 Å². The Hall–Kier alpha value is -0.0800. The van der Waals surface area contributed by atoms with Gasteiger partial charge in [0.1, 0.15) is 0 Å². The fourth-order valence-corrected chi connectivity index (χ4v) is 0.666. The van der Waals surface area contributed by atoms with Crippen molar-refractivity contribution in [3.8, 4) is 0 Å². The second-order valence-electron chi connectivity index (χ2n) is 3.64. The third kappa shape index (κ3) is 22.7. The van der Waals surface area contributed by atoms with Crippen molar-refractivity contribution in [3.63, 3.8) is 0 Å². The van der Waals surface area contributed by atoms with Crippen LogP contribution >= 0.6 is 0 Å². The predicted octanol–water partition coefficient (Wildman–Crippen LogP) is 3.15. The van der Waals surface area contributed by atoms with E-state index in [1.54, 1.807) is 0 Å². The van der Waals surface area contributed by atoms with Gasteiger partial charge in [0, 0.05) is 13.2 Å². The summed E-state index contributed by atoms with van der Waals surface area (Å²) in [5.74, 6) is 0. The third-order valence-electron chi connectivity index (χ3n) is 1.75. The zero-order chi connectivity index (χ0) is 12.0. The summed E-state index contributed by atoms with van der Waals surface area (Å²) < 4.78 is 0. The van der Waals surface area contributed by atoms with E-state index in [-0.39, 0.29) is 0 Å². The van der Waals surface area contributed by atoms with Crippen LogP contribution in [-0.2, 0) is 0 Å². The van der Waals surface area contributed by atoms with Gasteiger partial charge in [0.25, 0.3) is 0 Å². The number of unbranched alkanes of at least 4 members (excludes halogenated alkanes) is 1. The van der Waals surface area contributed by atoms with Gasteiger partial charge in [-0.25, -0.2) is 0 Å². The molecular formula is C12H31NO. The zero-order valence-electron chi connectivity index (χ0n) is 11.3. The molecule has 0 atom stereocenters. The monoisotopic (exact) mass is 205 g/mol. The van der Waals surface area contributed by atoms with Crippen LogP contribution in [0.4, 0.5) is 0 Å². The Balaban J connectivity index is -0.000000205. The van der Waals surface area contributed by atoms with Crippen LogP contribution in [0.15, 0.2) is 0 Å². The average Bonchev–Trinajstić information content (AvgIpc) is 2.18. The van der Waals surface area contributed by atoms with Gasteiger partial charge in [0.05, 0.1) is 0 Å². The molecule has 0 unspecified atom stereocenters. The number of aliphatic hydroxyl groups is 1. The predicted molar refractivity (Wildman–Crippen MR) is 66.8 cm³/mol. The van der Waals surface area contributed by atoms with Gasteiger partial charge in [-0.15, -0.1) is 0 Å². The molecule has 0 aliphatic rings. The molecule has 0 spiro atoms. The van der Waals surface area contributed by atoms with Crippen LogP contribution in [0, 0.1) is 0 Å². The normalized spacial score (nSPS) is 9.00. The lowest BCUT2D eigenvalue weighted by molar-refractivity contribution is 0.270. The third-order valence-corrected chi connectivity index (χ3v) is 1.75. The Morgan fingerprint density at radius 1 is 1.07 bits per heavy atom. The first-order chi connectivity index (χ1) is 6.59. The number of hydrogen-bond acceptors (Lipinski definition) is 2. The lowest BCUT2D eigenvalue weighted by Gasteiger charge is -2.19. The van der Waals surface area contributed by atoms with Crippen LogP contribution in [-0.4, -0.2) is 36.8 Å². The fourth-order valence-electron chi connectivity index (χ4n) is 0.666. The SMILES string of the molecule is CCC.CCCCN(C)C(C)C.CO. The van der Waals surface area contributed by atoms with E-state index in [0.29, 0.717) is 6.04 Å². The van der Waals surface area contributed by atoms with E-state index in [9.17, 15) is 0 Å². The van der Waals surface area contributed by atoms with E-state index in [2.05, 4.69) is 46.6 Å². The highest BCUT2D eigenvalue weighted by Gasteiger charge is 1.99. The standard InChI is InChI=1S/C8H19N.C3H8.CH4O/c1-5-6-7-9(4)8(2)3;1-3-2;1-2/h8H,5-7H2,1-4H3;3H2,1-2H3;2H,1H3. The maximum atomic E-state index is 7.00. The molecule has 90 valence electrons. The van der Waals surface area contributed by atoms with Gasteiger partial charge < -0.3 is 10.0 Å². The molecule has 0 fully saturated rings. The van der Waals surface area contributed by atoms with Gasteiger partial charge in [0.15, 0.2) is 0 Å². The first-order valence-corrected chi connectivity index (χ1v) is 5.74. The molecule has 0 heterocycles. The number of hydrogen-bond donors (Lipinski definition) is 1. The summed E-state index contributed by atoms with van der Waals surface area (Å²) >= 11 is 0. The van der Waals surface area contributed by atoms with Crippen molar-refractivity contribution in [3.05, 3.63) is 0 Å². The molecule has 0 bridgehead atoms. The minimum atomic E-state index is 0.705. The molecule has 0 aromatic carbocycles. The zero-order valence-corrected chi connectivity index (χ0v) is 11.3. The summed E-state index contributed by atoms with van der Waals surface area (Å²) in [6.07, 6.45) is 3.88. The van der Waals surface area contributed by atoms with Gasteiger partial charge in [-0.3, -0.25) is 0 Å². The molecule has 0 radical (unpaired) electrons. The number of nitrogens with zero attached hydrogens (tertiary/aromatic N) is 1. The molecule has 2 nitrogen and oxygen atoms in total. The first-order valence-electron chi connectivity index (χ1n) is 5.74. The summed E-state index contributed by atoms with van der Waals surface area (Å²) in [5, 5.41) is 7.00. The van der Waals surface area contributed by atoms with Crippen molar-refractivity contribution in [2.24, 2.45) is 0 Å². The largest absolute Gasteiger partial charge is 0.400 e. The number of rotatable bonds is 4. The molecule has 0 amide bonds. The van der Waals surface area contributed by atoms with Crippen molar-refractivity contribution >= 4 is 0 Å². The highest BCUT2D eigenvalue weighted by Crippen LogP contribution is 1.96. The topological polar surface area (TPSA) is 23.5 Å². The van der Waals surface area contributed by atoms with E-state index in [1.165, 1.54) is 25.8 Å². The summed E-state index contributed by atoms with van der Waals surface area (Å²) in [6.45, 7) is 12.2. The molecule has 0 aliphatic heterocycles. The van der Waals surface area contributed by atoms with Crippen molar-refractivity contribution in [2.75, 3.05) is 20.7 Å². The van der Waals surface area contributed by atoms with Crippen molar-refractivity contribution in [2.45, 2.75) is 59.9 Å². The number of aliphatic hydroxyl groups excluding tert-OH is 1. The molecule has 0 aromatic heterocycles. The second kappa shape index (κ2) is 18.7. The summed E-state index contributed by atoms with van der Waals surface area (Å²) in [6, 6.07) is 0.705. The van der Waals surface area contributed by atoms with Gasteiger partial charge in [0.2, 0.25) is 0 Å². The van der Waals surface area contributed by atoms with E-state index < -0.39 is 0 Å². The maximum absolute atomic E-state index is 7.00. The van der Waals surface area contributed by atoms with Crippen LogP contribution in [0.25, 0.3) is 0 Å². The first kappa shape index (κ1) is 19.5. The smallest absolute Gasteiger partial charge is 0.0319 e. The van der Waals surface area contributed by atoms with Crippen molar-refractivity contribution < 1.29 is 5.11 Å². The van der Waals surface area contributed by atoms with Gasteiger partial charge in [-0.1, -0.05) is 33.6 Å². The average molecular weight is 205 g/mol. The lowest BCUT2D eigenvalue weighted by Crippen LogP contribution is -2.26. The van der Waals surface area contributed by atoms with E-state index >= 15 is 0 Å². The van der Waals surface area contributed by atoms with E-state index in [0.717, 1.165) is 7.11 Å². The molecule has 0 aliphatic carbocycles. The maximum Gasteiger partial charge on any atom is 0.0319 e. The highest BCUT2D eigenvalue weighted by atomic mass is 16.2. The van der Waals surface area contributed by atoms with Gasteiger partial charge in [-0.2, -0.15) is 0 Å². The summed E-state index contributed by atoms with van der Waals surface area (Å²) in [4.78, 5) is 2.38. The minimum absolute atomic E-state index is 0.705. The Kier molecular flexibility index (Phi) is 26.0. The summed E-state index contributed by atoms with van der Waals surface area (Å²) in [7, 11) is 3.18. The molecule has 2 heteroatoms. The minimum Gasteiger partial charge on any atom is -0.400 e. The molecular weight excluding hydrogens is 174 g/mol. The lowest BCUT2D eigenvalue weighted by atomic mass is 10.3. The molecule has 0 rings (SSSR count). The fraction of sp³-hybridized carbons (Fsp3) is 1.00. The Bertz CT molecular complexity index is 74.7. The van der Waals surface area contributed by atoms with Crippen LogP contribution in [0.2, 0.25) is 0 Å². The Morgan fingerprint density at radius 3 is 1.64 bits per heavy atom. The van der Waals surface area contributed by atoms with Crippen LogP contribution in [0.1, 0.15) is 53.9 Å². The Morgan fingerprint density at radius 2 is 1.43 bits per heavy atom. The molecule has 0 saturated carbocycles. The van der Waals surface area contributed by atoms with Crippen LogP contribution < -0.4 is 0 Å². The quantitative estimate of drug-likeness (QED) is 0.762. The van der Waals surface area contributed by atoms with E-state index in [1.807, 2.05) is 0 Å². The molecule has 1 N–H and O–H groups in total. The Labute approximate surface area is 91.3 Å². The molecule has 0 aromatic rings. The van der Waals surface area contributed by atoms with Gasteiger partial charge in [-0.05, 0) is 33.9 Å². The van der Waals surface area contributed by atoms with E-state index in [4.69, 9.17) is 5.11 Å². The highest BCUT2D eigenvalue weighted by molar-refractivity contribution is 4.55. The second-order valence-corrected chi connectivity index (χ2v) is 3.64. The van der Waals surface area contributed by atoms with Crippen LogP contribution in [0.3, 0.4) is 0 Å².